The van der Waals surface area contributed by atoms with E-state index in [0.717, 1.165) is 31.7 Å². The summed E-state index contributed by atoms with van der Waals surface area (Å²) in [5.74, 6) is 0. The van der Waals surface area contributed by atoms with E-state index in [4.69, 9.17) is 17.0 Å². The minimum absolute atomic E-state index is 0.299. The summed E-state index contributed by atoms with van der Waals surface area (Å²) in [4.78, 5) is 0. The molecule has 1 aliphatic heterocycles. The molecule has 1 aliphatic rings. The van der Waals surface area contributed by atoms with Crippen LogP contribution in [0.2, 0.25) is 0 Å². The number of nitrogens with one attached hydrogen (secondary N) is 2. The van der Waals surface area contributed by atoms with E-state index in [1.165, 1.54) is 5.56 Å². The van der Waals surface area contributed by atoms with Gasteiger partial charge in [-0.05, 0) is 48.8 Å². The third-order valence-electron chi connectivity index (χ3n) is 3.67. The molecule has 1 aromatic carbocycles. The van der Waals surface area contributed by atoms with Crippen molar-refractivity contribution in [2.24, 2.45) is 0 Å². The van der Waals surface area contributed by atoms with Gasteiger partial charge in [-0.3, -0.25) is 0 Å². The van der Waals surface area contributed by atoms with E-state index < -0.39 is 0 Å². The van der Waals surface area contributed by atoms with Crippen LogP contribution >= 0.6 is 12.2 Å². The summed E-state index contributed by atoms with van der Waals surface area (Å²) in [6.45, 7) is 2.36. The summed E-state index contributed by atoms with van der Waals surface area (Å²) in [7, 11) is 0. The van der Waals surface area contributed by atoms with Crippen LogP contribution in [0.3, 0.4) is 0 Å². The van der Waals surface area contributed by atoms with Gasteiger partial charge in [0.1, 0.15) is 0 Å². The van der Waals surface area contributed by atoms with Gasteiger partial charge in [0, 0.05) is 32.1 Å². The minimum atomic E-state index is 0.299. The number of nitrogens with zero attached hydrogens (tertiary/aromatic N) is 2. The normalized spacial score (nSPS) is 17.4. The van der Waals surface area contributed by atoms with E-state index in [0.29, 0.717) is 17.8 Å². The van der Waals surface area contributed by atoms with Crippen molar-refractivity contribution in [3.8, 4) is 5.69 Å². The number of hydrogen-bond acceptors (Lipinski definition) is 3. The molecule has 1 saturated heterocycles. The molecule has 1 atom stereocenters. The van der Waals surface area contributed by atoms with Gasteiger partial charge in [-0.1, -0.05) is 12.1 Å². The second kappa shape index (κ2) is 7.38. The molecule has 2 heterocycles. The van der Waals surface area contributed by atoms with Crippen LogP contribution in [0.15, 0.2) is 42.7 Å². The maximum absolute atomic E-state index is 5.56. The van der Waals surface area contributed by atoms with Crippen LogP contribution < -0.4 is 10.6 Å². The smallest absolute Gasteiger partial charge is 0.166 e. The van der Waals surface area contributed by atoms with Crippen LogP contribution in [0, 0.1) is 0 Å². The van der Waals surface area contributed by atoms with Gasteiger partial charge in [0.05, 0.1) is 11.8 Å². The maximum Gasteiger partial charge on any atom is 0.166 e. The molecule has 0 spiro atoms. The Morgan fingerprint density at radius 2 is 2.18 bits per heavy atom. The van der Waals surface area contributed by atoms with E-state index in [9.17, 15) is 0 Å². The fraction of sp³-hybridized carbons (Fsp3) is 0.375. The number of rotatable bonds is 5. The Hall–Kier alpha value is -1.92. The molecule has 5 nitrogen and oxygen atoms in total. The van der Waals surface area contributed by atoms with Crippen molar-refractivity contribution in [2.75, 3.05) is 13.2 Å². The lowest BCUT2D eigenvalue weighted by Crippen LogP contribution is -2.39. The molecule has 1 unspecified atom stereocenters. The SMILES string of the molecule is S=C(NCc1ccc(-n2cccn2)cc1)NCC1CCCO1. The van der Waals surface area contributed by atoms with Crippen LogP contribution in [0.25, 0.3) is 5.69 Å². The Morgan fingerprint density at radius 1 is 1.32 bits per heavy atom. The molecule has 0 aliphatic carbocycles. The molecular weight excluding hydrogens is 296 g/mol. The number of aromatic nitrogens is 2. The van der Waals surface area contributed by atoms with Crippen molar-refractivity contribution in [1.82, 2.24) is 20.4 Å². The van der Waals surface area contributed by atoms with Crippen molar-refractivity contribution in [2.45, 2.75) is 25.5 Å². The van der Waals surface area contributed by atoms with Gasteiger partial charge in [0.15, 0.2) is 5.11 Å². The molecule has 6 heteroatoms. The minimum Gasteiger partial charge on any atom is -0.376 e. The highest BCUT2D eigenvalue weighted by atomic mass is 32.1. The summed E-state index contributed by atoms with van der Waals surface area (Å²) in [6, 6.07) is 10.2. The van der Waals surface area contributed by atoms with E-state index >= 15 is 0 Å². The van der Waals surface area contributed by atoms with Gasteiger partial charge in [-0.25, -0.2) is 4.68 Å². The molecule has 2 aromatic rings. The number of hydrogen-bond donors (Lipinski definition) is 2. The van der Waals surface area contributed by atoms with Gasteiger partial charge < -0.3 is 15.4 Å². The van der Waals surface area contributed by atoms with Crippen LogP contribution in [0.4, 0.5) is 0 Å². The predicted molar refractivity (Wildman–Crippen MR) is 90.0 cm³/mol. The van der Waals surface area contributed by atoms with Gasteiger partial charge in [-0.15, -0.1) is 0 Å². The molecule has 0 saturated carbocycles. The summed E-state index contributed by atoms with van der Waals surface area (Å²) < 4.78 is 7.39. The molecule has 0 amide bonds. The monoisotopic (exact) mass is 316 g/mol. The van der Waals surface area contributed by atoms with Gasteiger partial charge in [-0.2, -0.15) is 5.10 Å². The van der Waals surface area contributed by atoms with Crippen LogP contribution in [0.5, 0.6) is 0 Å². The standard InChI is InChI=1S/C16H20N4OS/c22-16(18-12-15-3-1-10-21-15)17-11-13-4-6-14(7-5-13)20-9-2-8-19-20/h2,4-9,15H,1,3,10-12H2,(H2,17,18,22). The molecule has 2 N–H and O–H groups in total. The Morgan fingerprint density at radius 3 is 2.86 bits per heavy atom. The molecule has 22 heavy (non-hydrogen) atoms. The Labute approximate surface area is 135 Å². The van der Waals surface area contributed by atoms with Gasteiger partial charge >= 0.3 is 0 Å². The summed E-state index contributed by atoms with van der Waals surface area (Å²) >= 11 is 5.29. The average molecular weight is 316 g/mol. The van der Waals surface area contributed by atoms with Crippen LogP contribution in [0.1, 0.15) is 18.4 Å². The lowest BCUT2D eigenvalue weighted by molar-refractivity contribution is 0.114. The van der Waals surface area contributed by atoms with Crippen molar-refractivity contribution < 1.29 is 4.74 Å². The predicted octanol–water partition coefficient (Wildman–Crippen LogP) is 2.02. The van der Waals surface area contributed by atoms with E-state index in [1.54, 1.807) is 6.20 Å². The zero-order valence-corrected chi connectivity index (χ0v) is 13.2. The highest BCUT2D eigenvalue weighted by molar-refractivity contribution is 7.80. The quantitative estimate of drug-likeness (QED) is 0.827. The maximum atomic E-state index is 5.56. The van der Waals surface area contributed by atoms with E-state index in [2.05, 4.69) is 27.9 Å². The van der Waals surface area contributed by atoms with E-state index in [1.807, 2.05) is 29.1 Å². The zero-order chi connectivity index (χ0) is 15.2. The Balaban J connectivity index is 1.43. The molecule has 3 rings (SSSR count). The number of benzene rings is 1. The second-order valence-corrected chi connectivity index (χ2v) is 5.72. The molecular formula is C16H20N4OS. The molecule has 0 radical (unpaired) electrons. The lowest BCUT2D eigenvalue weighted by atomic mass is 10.2. The first kappa shape index (κ1) is 15.0. The summed E-state index contributed by atoms with van der Waals surface area (Å²) in [6.07, 6.45) is 6.26. The Kier molecular flexibility index (Phi) is 5.03. The number of ether oxygens (including phenoxy) is 1. The Bertz CT molecular complexity index is 591. The first-order chi connectivity index (χ1) is 10.8. The van der Waals surface area contributed by atoms with E-state index in [-0.39, 0.29) is 0 Å². The largest absolute Gasteiger partial charge is 0.376 e. The van der Waals surface area contributed by atoms with Crippen LogP contribution in [-0.4, -0.2) is 34.1 Å². The fourth-order valence-electron chi connectivity index (χ4n) is 2.44. The van der Waals surface area contributed by atoms with Crippen molar-refractivity contribution in [1.29, 1.82) is 0 Å². The second-order valence-electron chi connectivity index (χ2n) is 5.32. The summed E-state index contributed by atoms with van der Waals surface area (Å²) in [5, 5.41) is 11.3. The fourth-order valence-corrected chi connectivity index (χ4v) is 2.60. The zero-order valence-electron chi connectivity index (χ0n) is 12.4. The first-order valence-corrected chi connectivity index (χ1v) is 7.94. The number of thiocarbonyl (C=S) groups is 1. The topological polar surface area (TPSA) is 51.1 Å². The molecule has 1 fully saturated rings. The van der Waals surface area contributed by atoms with Crippen molar-refractivity contribution in [3.63, 3.8) is 0 Å². The van der Waals surface area contributed by atoms with Crippen molar-refractivity contribution in [3.05, 3.63) is 48.3 Å². The van der Waals surface area contributed by atoms with Crippen molar-refractivity contribution >= 4 is 17.3 Å². The van der Waals surface area contributed by atoms with Gasteiger partial charge in [0.25, 0.3) is 0 Å². The highest BCUT2D eigenvalue weighted by Crippen LogP contribution is 2.10. The summed E-state index contributed by atoms with van der Waals surface area (Å²) in [5.41, 5.74) is 2.23. The molecule has 116 valence electrons. The average Bonchev–Trinajstić information content (AvgIpc) is 3.24. The van der Waals surface area contributed by atoms with Crippen LogP contribution in [-0.2, 0) is 11.3 Å². The molecule has 1 aromatic heterocycles. The lowest BCUT2D eigenvalue weighted by Gasteiger charge is -2.14. The third-order valence-corrected chi connectivity index (χ3v) is 3.96. The van der Waals surface area contributed by atoms with Gasteiger partial charge in [0.2, 0.25) is 0 Å². The highest BCUT2D eigenvalue weighted by Gasteiger charge is 2.15. The first-order valence-electron chi connectivity index (χ1n) is 7.53. The third kappa shape index (κ3) is 4.05. The molecule has 0 bridgehead atoms.